The van der Waals surface area contributed by atoms with Gasteiger partial charge in [-0.15, -0.1) is 0 Å². The fourth-order valence-electron chi connectivity index (χ4n) is 3.61. The minimum atomic E-state index is -0.0986. The first-order valence-corrected chi connectivity index (χ1v) is 10.6. The van der Waals surface area contributed by atoms with E-state index in [1.54, 1.807) is 4.68 Å². The third kappa shape index (κ3) is 4.78. The zero-order valence-corrected chi connectivity index (χ0v) is 17.4. The topological polar surface area (TPSA) is 59.4 Å². The normalized spacial score (nSPS) is 14.6. The van der Waals surface area contributed by atoms with Crippen molar-refractivity contribution < 1.29 is 9.53 Å². The SMILES string of the molecule is CCc1ccc(-n2cc(C(=O)NCCN3CCOCC3)c(-c3ccccc3)n2)cc1. The van der Waals surface area contributed by atoms with Crippen molar-refractivity contribution in [1.82, 2.24) is 20.0 Å². The standard InChI is InChI=1S/C24H28N4O2/c1-2-19-8-10-21(11-9-19)28-18-22(23(26-28)20-6-4-3-5-7-20)24(29)25-12-13-27-14-16-30-17-15-27/h3-11,18H,2,12-17H2,1H3,(H,25,29). The lowest BCUT2D eigenvalue weighted by atomic mass is 10.1. The number of carbonyl (C=O) groups is 1. The number of aryl methyl sites for hydroxylation is 1. The molecule has 0 spiro atoms. The van der Waals surface area contributed by atoms with Gasteiger partial charge in [-0.1, -0.05) is 49.4 Å². The Labute approximate surface area is 177 Å². The Hall–Kier alpha value is -2.96. The van der Waals surface area contributed by atoms with Crippen LogP contribution in [-0.4, -0.2) is 60.0 Å². The fourth-order valence-corrected chi connectivity index (χ4v) is 3.61. The number of carbonyl (C=O) groups excluding carboxylic acids is 1. The highest BCUT2D eigenvalue weighted by Gasteiger charge is 2.19. The van der Waals surface area contributed by atoms with E-state index in [2.05, 4.69) is 29.3 Å². The van der Waals surface area contributed by atoms with Gasteiger partial charge in [0.15, 0.2) is 0 Å². The van der Waals surface area contributed by atoms with Crippen LogP contribution >= 0.6 is 0 Å². The number of hydrogen-bond donors (Lipinski definition) is 1. The summed E-state index contributed by atoms with van der Waals surface area (Å²) in [5, 5.41) is 7.82. The smallest absolute Gasteiger partial charge is 0.255 e. The largest absolute Gasteiger partial charge is 0.379 e. The number of nitrogens with one attached hydrogen (secondary N) is 1. The Kier molecular flexibility index (Phi) is 6.57. The molecule has 2 heterocycles. The molecule has 1 aromatic heterocycles. The lowest BCUT2D eigenvalue weighted by Gasteiger charge is -2.26. The number of rotatable bonds is 7. The number of aromatic nitrogens is 2. The van der Waals surface area contributed by atoms with Crippen molar-refractivity contribution >= 4 is 5.91 Å². The Balaban J connectivity index is 1.55. The van der Waals surface area contributed by atoms with Crippen LogP contribution in [0.3, 0.4) is 0 Å². The summed E-state index contributed by atoms with van der Waals surface area (Å²) in [7, 11) is 0. The average Bonchev–Trinajstić information content (AvgIpc) is 3.26. The molecule has 1 amide bonds. The summed E-state index contributed by atoms with van der Waals surface area (Å²) in [6.07, 6.45) is 2.82. The molecule has 2 aromatic carbocycles. The maximum absolute atomic E-state index is 13.0. The van der Waals surface area contributed by atoms with Gasteiger partial charge in [0.05, 0.1) is 24.5 Å². The van der Waals surface area contributed by atoms with Crippen molar-refractivity contribution in [3.8, 4) is 16.9 Å². The van der Waals surface area contributed by atoms with Crippen LogP contribution in [0.5, 0.6) is 0 Å². The van der Waals surface area contributed by atoms with E-state index >= 15 is 0 Å². The van der Waals surface area contributed by atoms with Gasteiger partial charge >= 0.3 is 0 Å². The van der Waals surface area contributed by atoms with E-state index in [-0.39, 0.29) is 5.91 Å². The number of ether oxygens (including phenoxy) is 1. The molecule has 0 unspecified atom stereocenters. The third-order valence-corrected chi connectivity index (χ3v) is 5.43. The Morgan fingerprint density at radius 1 is 1.07 bits per heavy atom. The molecule has 1 aliphatic rings. The molecule has 1 N–H and O–H groups in total. The molecule has 1 aliphatic heterocycles. The van der Waals surface area contributed by atoms with Gasteiger partial charge < -0.3 is 10.1 Å². The van der Waals surface area contributed by atoms with Crippen LogP contribution in [0.2, 0.25) is 0 Å². The van der Waals surface area contributed by atoms with Gasteiger partial charge in [-0.2, -0.15) is 5.10 Å². The molecule has 30 heavy (non-hydrogen) atoms. The molecule has 0 bridgehead atoms. The van der Waals surface area contributed by atoms with E-state index in [1.165, 1.54) is 5.56 Å². The van der Waals surface area contributed by atoms with E-state index in [0.29, 0.717) is 17.8 Å². The monoisotopic (exact) mass is 404 g/mol. The van der Waals surface area contributed by atoms with Gasteiger partial charge in [-0.25, -0.2) is 4.68 Å². The second kappa shape index (κ2) is 9.69. The maximum Gasteiger partial charge on any atom is 0.255 e. The summed E-state index contributed by atoms with van der Waals surface area (Å²) in [6.45, 7) is 6.90. The molecule has 0 aliphatic carbocycles. The summed E-state index contributed by atoms with van der Waals surface area (Å²) in [5.74, 6) is -0.0986. The predicted octanol–water partition coefficient (Wildman–Crippen LogP) is 3.16. The fraction of sp³-hybridized carbons (Fsp3) is 0.333. The summed E-state index contributed by atoms with van der Waals surface area (Å²) >= 11 is 0. The molecule has 4 rings (SSSR count). The molecular formula is C24H28N4O2. The molecule has 3 aromatic rings. The lowest BCUT2D eigenvalue weighted by molar-refractivity contribution is 0.0383. The Morgan fingerprint density at radius 2 is 1.80 bits per heavy atom. The third-order valence-electron chi connectivity index (χ3n) is 5.43. The average molecular weight is 405 g/mol. The van der Waals surface area contributed by atoms with Crippen molar-refractivity contribution in [2.24, 2.45) is 0 Å². The highest BCUT2D eigenvalue weighted by molar-refractivity contribution is 5.99. The second-order valence-electron chi connectivity index (χ2n) is 7.43. The number of morpholine rings is 1. The molecule has 0 radical (unpaired) electrons. The highest BCUT2D eigenvalue weighted by atomic mass is 16.5. The number of nitrogens with zero attached hydrogens (tertiary/aromatic N) is 3. The quantitative estimate of drug-likeness (QED) is 0.657. The van der Waals surface area contributed by atoms with Gasteiger partial charge in [-0.05, 0) is 24.1 Å². The van der Waals surface area contributed by atoms with Gasteiger partial charge in [-0.3, -0.25) is 9.69 Å². The minimum Gasteiger partial charge on any atom is -0.379 e. The van der Waals surface area contributed by atoms with Crippen molar-refractivity contribution in [2.45, 2.75) is 13.3 Å². The van der Waals surface area contributed by atoms with Crippen LogP contribution < -0.4 is 5.32 Å². The molecule has 1 fully saturated rings. The summed E-state index contributed by atoms with van der Waals surface area (Å²) in [5.41, 5.74) is 4.42. The Bertz CT molecular complexity index is 961. The van der Waals surface area contributed by atoms with E-state index in [4.69, 9.17) is 9.84 Å². The Morgan fingerprint density at radius 3 is 2.50 bits per heavy atom. The first-order chi connectivity index (χ1) is 14.7. The van der Waals surface area contributed by atoms with E-state index in [1.807, 2.05) is 48.7 Å². The number of benzene rings is 2. The van der Waals surface area contributed by atoms with Crippen LogP contribution in [0.1, 0.15) is 22.8 Å². The molecule has 6 nitrogen and oxygen atoms in total. The van der Waals surface area contributed by atoms with Gasteiger partial charge in [0.2, 0.25) is 0 Å². The molecule has 0 atom stereocenters. The summed E-state index contributed by atoms with van der Waals surface area (Å²) in [4.78, 5) is 15.3. The van der Waals surface area contributed by atoms with Gasteiger partial charge in [0.25, 0.3) is 5.91 Å². The molecule has 6 heteroatoms. The number of hydrogen-bond acceptors (Lipinski definition) is 4. The predicted molar refractivity (Wildman–Crippen MR) is 118 cm³/mol. The zero-order valence-electron chi connectivity index (χ0n) is 17.4. The first kappa shape index (κ1) is 20.3. The second-order valence-corrected chi connectivity index (χ2v) is 7.43. The number of amides is 1. The van der Waals surface area contributed by atoms with Crippen LogP contribution in [0.15, 0.2) is 60.8 Å². The minimum absolute atomic E-state index is 0.0986. The first-order valence-electron chi connectivity index (χ1n) is 10.6. The van der Waals surface area contributed by atoms with Crippen LogP contribution in [0.25, 0.3) is 16.9 Å². The van der Waals surface area contributed by atoms with Crippen LogP contribution in [-0.2, 0) is 11.2 Å². The zero-order chi connectivity index (χ0) is 20.8. The molecule has 1 saturated heterocycles. The van der Waals surface area contributed by atoms with E-state index < -0.39 is 0 Å². The van der Waals surface area contributed by atoms with Crippen molar-refractivity contribution in [3.05, 3.63) is 71.9 Å². The van der Waals surface area contributed by atoms with Crippen molar-refractivity contribution in [2.75, 3.05) is 39.4 Å². The van der Waals surface area contributed by atoms with Crippen LogP contribution in [0.4, 0.5) is 0 Å². The molecule has 156 valence electrons. The molecular weight excluding hydrogens is 376 g/mol. The van der Waals surface area contributed by atoms with Crippen LogP contribution in [0, 0.1) is 0 Å². The van der Waals surface area contributed by atoms with Crippen molar-refractivity contribution in [1.29, 1.82) is 0 Å². The van der Waals surface area contributed by atoms with Crippen molar-refractivity contribution in [3.63, 3.8) is 0 Å². The summed E-state index contributed by atoms with van der Waals surface area (Å²) in [6, 6.07) is 18.1. The maximum atomic E-state index is 13.0. The van der Waals surface area contributed by atoms with E-state index in [9.17, 15) is 4.79 Å². The van der Waals surface area contributed by atoms with Gasteiger partial charge in [0.1, 0.15) is 5.69 Å². The molecule has 0 saturated carbocycles. The van der Waals surface area contributed by atoms with E-state index in [0.717, 1.165) is 50.5 Å². The lowest BCUT2D eigenvalue weighted by Crippen LogP contribution is -2.41. The van der Waals surface area contributed by atoms with Gasteiger partial charge in [0, 0.05) is 37.9 Å². The summed E-state index contributed by atoms with van der Waals surface area (Å²) < 4.78 is 7.17. The highest BCUT2D eigenvalue weighted by Crippen LogP contribution is 2.24.